The summed E-state index contributed by atoms with van der Waals surface area (Å²) in [5.41, 5.74) is 1.28. The van der Waals surface area contributed by atoms with Crippen molar-refractivity contribution in [1.29, 1.82) is 0 Å². The van der Waals surface area contributed by atoms with Crippen LogP contribution in [0.15, 0.2) is 59.2 Å². The summed E-state index contributed by atoms with van der Waals surface area (Å²) in [4.78, 5) is 15.2. The summed E-state index contributed by atoms with van der Waals surface area (Å²) >= 11 is 0. The van der Waals surface area contributed by atoms with E-state index in [1.165, 1.54) is 17.2 Å². The van der Waals surface area contributed by atoms with Gasteiger partial charge in [-0.1, -0.05) is 44.2 Å². The number of benzene rings is 2. The van der Waals surface area contributed by atoms with E-state index in [4.69, 9.17) is 9.15 Å². The van der Waals surface area contributed by atoms with Gasteiger partial charge in [-0.15, -0.1) is 10.2 Å². The van der Waals surface area contributed by atoms with Gasteiger partial charge in [-0.2, -0.15) is 0 Å². The lowest BCUT2D eigenvalue weighted by Crippen LogP contribution is -2.32. The SMILES string of the molecule is COc1ccc(CN2CCc3nnc([C@H](CC(C)C)NC(=O)c4ccco4)n3CC2)c2ccccc12. The maximum atomic E-state index is 12.8. The van der Waals surface area contributed by atoms with Gasteiger partial charge in [0.15, 0.2) is 11.6 Å². The van der Waals surface area contributed by atoms with Crippen molar-refractivity contribution in [2.45, 2.75) is 45.8 Å². The zero-order valence-electron chi connectivity index (χ0n) is 21.1. The van der Waals surface area contributed by atoms with Gasteiger partial charge in [-0.3, -0.25) is 9.69 Å². The van der Waals surface area contributed by atoms with Gasteiger partial charge in [0, 0.05) is 38.0 Å². The Morgan fingerprint density at radius 1 is 1.06 bits per heavy atom. The van der Waals surface area contributed by atoms with Crippen LogP contribution in [0.5, 0.6) is 5.75 Å². The summed E-state index contributed by atoms with van der Waals surface area (Å²) in [6, 6.07) is 15.8. The number of hydrogen-bond acceptors (Lipinski definition) is 6. The first-order valence-electron chi connectivity index (χ1n) is 12.6. The number of aromatic nitrogens is 3. The predicted octanol–water partition coefficient (Wildman–Crippen LogP) is 4.61. The number of fused-ring (bicyclic) bond motifs is 2. The van der Waals surface area contributed by atoms with Gasteiger partial charge in [-0.05, 0) is 41.5 Å². The number of nitrogens with one attached hydrogen (secondary N) is 1. The minimum absolute atomic E-state index is 0.232. The van der Waals surface area contributed by atoms with Crippen LogP contribution in [0.25, 0.3) is 10.8 Å². The lowest BCUT2D eigenvalue weighted by molar-refractivity contribution is 0.0900. The van der Waals surface area contributed by atoms with Crippen LogP contribution in [-0.4, -0.2) is 45.8 Å². The summed E-state index contributed by atoms with van der Waals surface area (Å²) in [6.07, 6.45) is 3.09. The summed E-state index contributed by atoms with van der Waals surface area (Å²) in [7, 11) is 1.72. The normalized spacial score (nSPS) is 15.0. The largest absolute Gasteiger partial charge is 0.496 e. The first-order chi connectivity index (χ1) is 17.5. The molecule has 2 aromatic carbocycles. The van der Waals surface area contributed by atoms with Crippen molar-refractivity contribution >= 4 is 16.7 Å². The van der Waals surface area contributed by atoms with Crippen LogP contribution in [0.2, 0.25) is 0 Å². The summed E-state index contributed by atoms with van der Waals surface area (Å²) in [5, 5.41) is 14.5. The molecule has 0 aliphatic carbocycles. The molecule has 0 saturated carbocycles. The fourth-order valence-corrected chi connectivity index (χ4v) is 5.03. The molecule has 1 aliphatic rings. The number of rotatable bonds is 8. The molecule has 4 aromatic rings. The summed E-state index contributed by atoms with van der Waals surface area (Å²) < 4.78 is 13.1. The fraction of sp³-hybridized carbons (Fsp3) is 0.393. The third kappa shape index (κ3) is 4.99. The lowest BCUT2D eigenvalue weighted by Gasteiger charge is -2.22. The highest BCUT2D eigenvalue weighted by Crippen LogP contribution is 2.29. The van der Waals surface area contributed by atoms with E-state index in [9.17, 15) is 4.79 Å². The molecule has 8 heteroatoms. The van der Waals surface area contributed by atoms with E-state index >= 15 is 0 Å². The summed E-state index contributed by atoms with van der Waals surface area (Å²) in [6.45, 7) is 7.68. The fourth-order valence-electron chi connectivity index (χ4n) is 5.03. The van der Waals surface area contributed by atoms with Crippen molar-refractivity contribution in [1.82, 2.24) is 25.0 Å². The minimum atomic E-state index is -0.235. The van der Waals surface area contributed by atoms with E-state index in [2.05, 4.69) is 69.2 Å². The van der Waals surface area contributed by atoms with Gasteiger partial charge in [-0.25, -0.2) is 0 Å². The molecule has 36 heavy (non-hydrogen) atoms. The Balaban J connectivity index is 1.34. The molecule has 1 N–H and O–H groups in total. The Morgan fingerprint density at radius 2 is 1.89 bits per heavy atom. The van der Waals surface area contributed by atoms with Gasteiger partial charge in [0.25, 0.3) is 5.91 Å². The van der Waals surface area contributed by atoms with Gasteiger partial charge < -0.3 is 19.0 Å². The van der Waals surface area contributed by atoms with E-state index in [1.54, 1.807) is 19.2 Å². The number of nitrogens with zero attached hydrogens (tertiary/aromatic N) is 4. The van der Waals surface area contributed by atoms with E-state index < -0.39 is 0 Å². The molecule has 1 atom stereocenters. The zero-order valence-corrected chi connectivity index (χ0v) is 21.1. The third-order valence-corrected chi connectivity index (χ3v) is 6.80. The maximum absolute atomic E-state index is 12.8. The third-order valence-electron chi connectivity index (χ3n) is 6.80. The predicted molar refractivity (Wildman–Crippen MR) is 138 cm³/mol. The van der Waals surface area contributed by atoms with Crippen molar-refractivity contribution < 1.29 is 13.9 Å². The molecular weight excluding hydrogens is 454 g/mol. The molecule has 0 radical (unpaired) electrons. The van der Waals surface area contributed by atoms with Gasteiger partial charge >= 0.3 is 0 Å². The molecule has 1 amide bonds. The van der Waals surface area contributed by atoms with Crippen molar-refractivity contribution in [2.24, 2.45) is 5.92 Å². The lowest BCUT2D eigenvalue weighted by atomic mass is 10.0. The van der Waals surface area contributed by atoms with Crippen LogP contribution in [0.4, 0.5) is 0 Å². The summed E-state index contributed by atoms with van der Waals surface area (Å²) in [5.74, 6) is 3.13. The highest BCUT2D eigenvalue weighted by molar-refractivity contribution is 5.92. The Kier molecular flexibility index (Phi) is 7.04. The maximum Gasteiger partial charge on any atom is 0.287 e. The number of methoxy groups -OCH3 is 1. The van der Waals surface area contributed by atoms with Crippen molar-refractivity contribution in [2.75, 3.05) is 20.2 Å². The van der Waals surface area contributed by atoms with Gasteiger partial charge in [0.1, 0.15) is 11.6 Å². The van der Waals surface area contributed by atoms with Crippen LogP contribution in [0.3, 0.4) is 0 Å². The monoisotopic (exact) mass is 487 g/mol. The van der Waals surface area contributed by atoms with Crippen LogP contribution in [0.1, 0.15) is 54.1 Å². The van der Waals surface area contributed by atoms with Crippen LogP contribution in [-0.2, 0) is 19.5 Å². The highest BCUT2D eigenvalue weighted by Gasteiger charge is 2.27. The standard InChI is InChI=1S/C28H33N5O3/c1-19(2)17-23(29-28(34)25-9-6-16-36-25)27-31-30-26-12-13-32(14-15-33(26)27)18-20-10-11-24(35-3)22-8-5-4-7-21(20)22/h4-11,16,19,23H,12-15,17-18H2,1-3H3,(H,29,34)/t23-/m0/s1. The average Bonchev–Trinajstić information content (AvgIpc) is 3.52. The molecule has 2 aromatic heterocycles. The second-order valence-corrected chi connectivity index (χ2v) is 9.76. The van der Waals surface area contributed by atoms with Gasteiger partial charge in [0.05, 0.1) is 19.4 Å². The van der Waals surface area contributed by atoms with Crippen LogP contribution in [0, 0.1) is 5.92 Å². The van der Waals surface area contributed by atoms with Crippen molar-refractivity contribution in [3.8, 4) is 5.75 Å². The van der Waals surface area contributed by atoms with E-state index in [0.29, 0.717) is 11.7 Å². The zero-order chi connectivity index (χ0) is 25.1. The number of ether oxygens (including phenoxy) is 1. The second kappa shape index (κ2) is 10.5. The Labute approximate surface area is 211 Å². The molecule has 0 bridgehead atoms. The molecule has 3 heterocycles. The Bertz CT molecular complexity index is 1330. The molecule has 0 fully saturated rings. The number of hydrogen-bond donors (Lipinski definition) is 1. The molecular formula is C28H33N5O3. The number of carbonyl (C=O) groups excluding carboxylic acids is 1. The second-order valence-electron chi connectivity index (χ2n) is 9.76. The van der Waals surface area contributed by atoms with Crippen LogP contribution >= 0.6 is 0 Å². The Hall–Kier alpha value is -3.65. The van der Waals surface area contributed by atoms with E-state index in [-0.39, 0.29) is 11.9 Å². The van der Waals surface area contributed by atoms with Crippen molar-refractivity contribution in [3.63, 3.8) is 0 Å². The molecule has 0 spiro atoms. The smallest absolute Gasteiger partial charge is 0.287 e. The number of furan rings is 1. The van der Waals surface area contributed by atoms with Crippen molar-refractivity contribution in [3.05, 3.63) is 77.8 Å². The molecule has 8 nitrogen and oxygen atoms in total. The molecule has 0 unspecified atom stereocenters. The quantitative estimate of drug-likeness (QED) is 0.391. The van der Waals surface area contributed by atoms with Gasteiger partial charge in [0.2, 0.25) is 0 Å². The first kappa shape index (κ1) is 24.1. The van der Waals surface area contributed by atoms with E-state index in [1.807, 2.05) is 6.07 Å². The molecule has 188 valence electrons. The van der Waals surface area contributed by atoms with E-state index in [0.717, 1.165) is 61.8 Å². The average molecular weight is 488 g/mol. The minimum Gasteiger partial charge on any atom is -0.496 e. The molecule has 5 rings (SSSR count). The Morgan fingerprint density at radius 3 is 2.64 bits per heavy atom. The number of amides is 1. The van der Waals surface area contributed by atoms with Crippen LogP contribution < -0.4 is 10.1 Å². The topological polar surface area (TPSA) is 85.4 Å². The molecule has 1 aliphatic heterocycles. The highest BCUT2D eigenvalue weighted by atomic mass is 16.5. The first-order valence-corrected chi connectivity index (χ1v) is 12.6. The number of carbonyl (C=O) groups is 1. The molecule has 0 saturated heterocycles.